The Labute approximate surface area is 188 Å². The number of carbonyl (C=O) groups is 1. The first-order chi connectivity index (χ1) is 15.4. The molecule has 1 amide bonds. The Balaban J connectivity index is 1.62. The van der Waals surface area contributed by atoms with Gasteiger partial charge in [-0.25, -0.2) is 4.98 Å². The topological polar surface area (TPSA) is 83.0 Å². The summed E-state index contributed by atoms with van der Waals surface area (Å²) in [5, 5.41) is 3.82. The van der Waals surface area contributed by atoms with Crippen molar-refractivity contribution < 1.29 is 4.79 Å². The number of piperidine rings is 1. The molecule has 1 unspecified atom stereocenters. The number of nitrogens with one attached hydrogen (secondary N) is 2. The summed E-state index contributed by atoms with van der Waals surface area (Å²) in [6.07, 6.45) is 5.59. The molecule has 0 saturated carbocycles. The van der Waals surface area contributed by atoms with Gasteiger partial charge in [0.25, 0.3) is 11.5 Å². The predicted molar refractivity (Wildman–Crippen MR) is 127 cm³/mol. The minimum absolute atomic E-state index is 0.154. The first-order valence-electron chi connectivity index (χ1n) is 11.5. The molecule has 3 aromatic heterocycles. The number of hydrogen-bond acceptors (Lipinski definition) is 4. The van der Waals surface area contributed by atoms with E-state index in [0.717, 1.165) is 47.6 Å². The van der Waals surface area contributed by atoms with Crippen molar-refractivity contribution in [2.75, 3.05) is 19.6 Å². The van der Waals surface area contributed by atoms with Crippen molar-refractivity contribution in [2.45, 2.75) is 59.5 Å². The Kier molecular flexibility index (Phi) is 6.46. The van der Waals surface area contributed by atoms with Crippen molar-refractivity contribution in [2.24, 2.45) is 0 Å². The van der Waals surface area contributed by atoms with Crippen molar-refractivity contribution >= 4 is 16.9 Å². The molecule has 4 heterocycles. The largest absolute Gasteiger partial charge is 0.348 e. The fourth-order valence-electron chi connectivity index (χ4n) is 5.04. The molecule has 3 aromatic rings. The van der Waals surface area contributed by atoms with Gasteiger partial charge in [0, 0.05) is 47.7 Å². The SMILES string of the molecule is Cc1cc(C)c(CNC(=O)c2c(C)n(C(C)CN3CCCCC3)c3ncccc23)c(=O)[nH]1. The highest BCUT2D eigenvalue weighted by atomic mass is 16.2. The molecule has 170 valence electrons. The number of rotatable bonds is 6. The number of pyridine rings is 2. The van der Waals surface area contributed by atoms with Gasteiger partial charge in [-0.05, 0) is 77.4 Å². The standard InChI is InChI=1S/C25H33N5O2/c1-16-13-17(2)28-24(31)21(16)14-27-25(32)22-19(4)30(23-20(22)9-8-10-26-23)18(3)15-29-11-6-5-7-12-29/h8-10,13,18H,5-7,11-12,14-15H2,1-4H3,(H,27,32)(H,28,31). The number of amides is 1. The average Bonchev–Trinajstić information content (AvgIpc) is 3.05. The highest BCUT2D eigenvalue weighted by molar-refractivity contribution is 6.07. The van der Waals surface area contributed by atoms with Crippen LogP contribution in [0.4, 0.5) is 0 Å². The van der Waals surface area contributed by atoms with E-state index in [2.05, 4.69) is 31.7 Å². The molecule has 1 aliphatic rings. The van der Waals surface area contributed by atoms with E-state index in [0.29, 0.717) is 11.1 Å². The number of aromatic nitrogens is 3. The lowest BCUT2D eigenvalue weighted by molar-refractivity contribution is 0.0951. The van der Waals surface area contributed by atoms with Gasteiger partial charge < -0.3 is 19.8 Å². The van der Waals surface area contributed by atoms with E-state index in [4.69, 9.17) is 0 Å². The monoisotopic (exact) mass is 435 g/mol. The van der Waals surface area contributed by atoms with Gasteiger partial charge in [-0.2, -0.15) is 0 Å². The maximum absolute atomic E-state index is 13.3. The molecule has 0 radical (unpaired) electrons. The fraction of sp³-hybridized carbons (Fsp3) is 0.480. The highest BCUT2D eigenvalue weighted by Gasteiger charge is 2.24. The van der Waals surface area contributed by atoms with E-state index >= 15 is 0 Å². The van der Waals surface area contributed by atoms with Gasteiger partial charge in [-0.15, -0.1) is 0 Å². The molecular formula is C25H33N5O2. The minimum atomic E-state index is -0.177. The second-order valence-electron chi connectivity index (χ2n) is 9.04. The van der Waals surface area contributed by atoms with Gasteiger partial charge in [0.2, 0.25) is 0 Å². The van der Waals surface area contributed by atoms with Crippen LogP contribution in [0, 0.1) is 20.8 Å². The van der Waals surface area contributed by atoms with E-state index < -0.39 is 0 Å². The van der Waals surface area contributed by atoms with E-state index in [-0.39, 0.29) is 24.1 Å². The van der Waals surface area contributed by atoms with Crippen molar-refractivity contribution in [3.63, 3.8) is 0 Å². The van der Waals surface area contributed by atoms with Crippen LogP contribution in [0.5, 0.6) is 0 Å². The van der Waals surface area contributed by atoms with Gasteiger partial charge in [0.15, 0.2) is 0 Å². The smallest absolute Gasteiger partial charge is 0.254 e. The van der Waals surface area contributed by atoms with Crippen LogP contribution in [0.3, 0.4) is 0 Å². The molecule has 1 aliphatic heterocycles. The Bertz CT molecular complexity index is 1190. The number of hydrogen-bond donors (Lipinski definition) is 2. The van der Waals surface area contributed by atoms with Gasteiger partial charge >= 0.3 is 0 Å². The predicted octanol–water partition coefficient (Wildman–Crippen LogP) is 3.63. The average molecular weight is 436 g/mol. The molecule has 1 atom stereocenters. The number of carbonyl (C=O) groups excluding carboxylic acids is 1. The molecule has 4 rings (SSSR count). The summed E-state index contributed by atoms with van der Waals surface area (Å²) in [5.74, 6) is -0.177. The second kappa shape index (κ2) is 9.28. The van der Waals surface area contributed by atoms with E-state index in [1.807, 2.05) is 39.0 Å². The molecular weight excluding hydrogens is 402 g/mol. The van der Waals surface area contributed by atoms with E-state index in [9.17, 15) is 9.59 Å². The van der Waals surface area contributed by atoms with Crippen LogP contribution < -0.4 is 10.9 Å². The van der Waals surface area contributed by atoms with Crippen LogP contribution in [0.1, 0.15) is 65.1 Å². The fourth-order valence-corrected chi connectivity index (χ4v) is 5.04. The van der Waals surface area contributed by atoms with Crippen LogP contribution in [0.15, 0.2) is 29.2 Å². The number of aromatic amines is 1. The quantitative estimate of drug-likeness (QED) is 0.619. The Hall–Kier alpha value is -2.93. The molecule has 0 aromatic carbocycles. The number of fused-ring (bicyclic) bond motifs is 1. The van der Waals surface area contributed by atoms with E-state index in [1.165, 1.54) is 19.3 Å². The third-order valence-corrected chi connectivity index (χ3v) is 6.57. The normalized spacial score (nSPS) is 15.8. The summed E-state index contributed by atoms with van der Waals surface area (Å²) in [6.45, 7) is 11.3. The molecule has 7 heteroatoms. The van der Waals surface area contributed by atoms with Gasteiger partial charge in [0.1, 0.15) is 5.65 Å². The summed E-state index contributed by atoms with van der Waals surface area (Å²) in [6, 6.07) is 5.95. The van der Waals surface area contributed by atoms with E-state index in [1.54, 1.807) is 6.20 Å². The lowest BCUT2D eigenvalue weighted by Crippen LogP contribution is -2.34. The highest BCUT2D eigenvalue weighted by Crippen LogP contribution is 2.28. The molecule has 7 nitrogen and oxygen atoms in total. The zero-order valence-corrected chi connectivity index (χ0v) is 19.5. The van der Waals surface area contributed by atoms with Crippen molar-refractivity contribution in [1.82, 2.24) is 24.8 Å². The molecule has 0 bridgehead atoms. The maximum atomic E-state index is 13.3. The second-order valence-corrected chi connectivity index (χ2v) is 9.04. The number of H-pyrrole nitrogens is 1. The number of likely N-dealkylation sites (tertiary alicyclic amines) is 1. The zero-order chi connectivity index (χ0) is 22.8. The third kappa shape index (κ3) is 4.35. The van der Waals surface area contributed by atoms with Crippen molar-refractivity contribution in [3.8, 4) is 0 Å². The summed E-state index contributed by atoms with van der Waals surface area (Å²) in [4.78, 5) is 35.6. The molecule has 0 aliphatic carbocycles. The van der Waals surface area contributed by atoms with Crippen molar-refractivity contribution in [3.05, 3.63) is 62.8 Å². The van der Waals surface area contributed by atoms with Crippen LogP contribution >= 0.6 is 0 Å². The summed E-state index contributed by atoms with van der Waals surface area (Å²) in [7, 11) is 0. The lowest BCUT2D eigenvalue weighted by atomic mass is 10.1. The van der Waals surface area contributed by atoms with Crippen LogP contribution in [0.25, 0.3) is 11.0 Å². The molecule has 2 N–H and O–H groups in total. The van der Waals surface area contributed by atoms with Gasteiger partial charge in [-0.3, -0.25) is 9.59 Å². The molecule has 32 heavy (non-hydrogen) atoms. The molecule has 1 fully saturated rings. The Morgan fingerprint density at radius 1 is 1.22 bits per heavy atom. The third-order valence-electron chi connectivity index (χ3n) is 6.57. The number of aryl methyl sites for hydroxylation is 2. The van der Waals surface area contributed by atoms with Crippen LogP contribution in [0.2, 0.25) is 0 Å². The van der Waals surface area contributed by atoms with Gasteiger partial charge in [-0.1, -0.05) is 6.42 Å². The summed E-state index contributed by atoms with van der Waals surface area (Å²) >= 11 is 0. The summed E-state index contributed by atoms with van der Waals surface area (Å²) in [5.41, 5.74) is 4.51. The molecule has 0 spiro atoms. The molecule has 1 saturated heterocycles. The van der Waals surface area contributed by atoms with Crippen LogP contribution in [-0.2, 0) is 6.54 Å². The van der Waals surface area contributed by atoms with Crippen molar-refractivity contribution in [1.29, 1.82) is 0 Å². The van der Waals surface area contributed by atoms with Crippen LogP contribution in [-0.4, -0.2) is 45.0 Å². The number of nitrogens with zero attached hydrogens (tertiary/aromatic N) is 3. The van der Waals surface area contributed by atoms with Gasteiger partial charge in [0.05, 0.1) is 5.56 Å². The summed E-state index contributed by atoms with van der Waals surface area (Å²) < 4.78 is 2.20. The maximum Gasteiger partial charge on any atom is 0.254 e. The first kappa shape index (κ1) is 22.3. The first-order valence-corrected chi connectivity index (χ1v) is 11.5. The Morgan fingerprint density at radius 2 is 1.97 bits per heavy atom. The zero-order valence-electron chi connectivity index (χ0n) is 19.5. The lowest BCUT2D eigenvalue weighted by Gasteiger charge is -2.30. The Morgan fingerprint density at radius 3 is 2.69 bits per heavy atom. The minimum Gasteiger partial charge on any atom is -0.348 e.